The van der Waals surface area contributed by atoms with Gasteiger partial charge in [0.15, 0.2) is 0 Å². The Labute approximate surface area is 154 Å². The number of aromatic nitrogens is 2. The molecule has 0 saturated carbocycles. The number of hydrogen-bond acceptors (Lipinski definition) is 5. The van der Waals surface area contributed by atoms with E-state index in [4.69, 9.17) is 4.74 Å². The van der Waals surface area contributed by atoms with E-state index in [1.165, 1.54) is 22.1 Å². The minimum absolute atomic E-state index is 0.222. The SMILES string of the molecule is CCOC(=O)c1c(NC(=O)C(C)n2nc(C(F)F)cc2C)sc(C)c1C. The van der Waals surface area contributed by atoms with Crippen LogP contribution in [0.3, 0.4) is 0 Å². The summed E-state index contributed by atoms with van der Waals surface area (Å²) >= 11 is 1.27. The van der Waals surface area contributed by atoms with E-state index in [-0.39, 0.29) is 12.3 Å². The minimum atomic E-state index is -2.71. The van der Waals surface area contributed by atoms with Crippen LogP contribution < -0.4 is 5.32 Å². The lowest BCUT2D eigenvalue weighted by Gasteiger charge is -2.14. The smallest absolute Gasteiger partial charge is 0.341 e. The number of alkyl halides is 2. The molecule has 142 valence electrons. The first-order chi connectivity index (χ1) is 12.2. The molecule has 0 radical (unpaired) electrons. The molecule has 2 aromatic heterocycles. The summed E-state index contributed by atoms with van der Waals surface area (Å²) in [6.07, 6.45) is -2.71. The van der Waals surface area contributed by atoms with Gasteiger partial charge >= 0.3 is 5.97 Å². The first-order valence-corrected chi connectivity index (χ1v) is 8.91. The van der Waals surface area contributed by atoms with E-state index in [1.54, 1.807) is 27.7 Å². The van der Waals surface area contributed by atoms with E-state index in [0.29, 0.717) is 16.3 Å². The zero-order chi connectivity index (χ0) is 19.6. The third-order valence-electron chi connectivity index (χ3n) is 4.01. The van der Waals surface area contributed by atoms with Gasteiger partial charge in [-0.05, 0) is 46.2 Å². The van der Waals surface area contributed by atoms with Crippen LogP contribution in [0.4, 0.5) is 13.8 Å². The molecule has 1 atom stereocenters. The molecule has 0 bridgehead atoms. The number of ether oxygens (including phenoxy) is 1. The van der Waals surface area contributed by atoms with Crippen LogP contribution in [0.2, 0.25) is 0 Å². The van der Waals surface area contributed by atoms with Gasteiger partial charge in [0.1, 0.15) is 16.7 Å². The number of rotatable bonds is 6. The number of nitrogens with one attached hydrogen (secondary N) is 1. The zero-order valence-corrected chi connectivity index (χ0v) is 16.0. The van der Waals surface area contributed by atoms with Crippen LogP contribution in [0.5, 0.6) is 0 Å². The standard InChI is InChI=1S/C17H21F2N3O3S/c1-6-25-17(24)13-9(3)11(5)26-16(13)20-15(23)10(4)22-8(2)7-12(21-22)14(18)19/h7,10,14H,6H2,1-5H3,(H,20,23). The molecule has 0 saturated heterocycles. The van der Waals surface area contributed by atoms with Gasteiger partial charge in [0, 0.05) is 10.6 Å². The van der Waals surface area contributed by atoms with E-state index in [2.05, 4.69) is 10.4 Å². The molecule has 0 aliphatic heterocycles. The van der Waals surface area contributed by atoms with Crippen LogP contribution in [-0.4, -0.2) is 28.3 Å². The normalized spacial score (nSPS) is 12.3. The van der Waals surface area contributed by atoms with Crippen molar-refractivity contribution < 1.29 is 23.1 Å². The number of anilines is 1. The maximum atomic E-state index is 12.8. The molecule has 0 spiro atoms. The lowest BCUT2D eigenvalue weighted by atomic mass is 10.1. The monoisotopic (exact) mass is 385 g/mol. The van der Waals surface area contributed by atoms with E-state index >= 15 is 0 Å². The zero-order valence-electron chi connectivity index (χ0n) is 15.2. The minimum Gasteiger partial charge on any atom is -0.462 e. The molecule has 1 unspecified atom stereocenters. The van der Waals surface area contributed by atoms with Crippen LogP contribution in [0.15, 0.2) is 6.07 Å². The van der Waals surface area contributed by atoms with Crippen molar-refractivity contribution in [2.75, 3.05) is 11.9 Å². The third kappa shape index (κ3) is 3.92. The van der Waals surface area contributed by atoms with Gasteiger partial charge in [0.25, 0.3) is 6.43 Å². The maximum absolute atomic E-state index is 12.8. The summed E-state index contributed by atoms with van der Waals surface area (Å²) in [5.41, 5.74) is 1.14. The average Bonchev–Trinajstić information content (AvgIpc) is 3.08. The van der Waals surface area contributed by atoms with Gasteiger partial charge in [0.05, 0.1) is 12.2 Å². The molecule has 0 aliphatic rings. The van der Waals surface area contributed by atoms with Gasteiger partial charge in [-0.15, -0.1) is 11.3 Å². The van der Waals surface area contributed by atoms with Gasteiger partial charge < -0.3 is 10.1 Å². The lowest BCUT2D eigenvalue weighted by Crippen LogP contribution is -2.25. The van der Waals surface area contributed by atoms with Crippen LogP contribution in [0.25, 0.3) is 0 Å². The fourth-order valence-electron chi connectivity index (χ4n) is 2.50. The molecule has 0 fully saturated rings. The predicted molar refractivity (Wildman–Crippen MR) is 95.0 cm³/mol. The molecule has 26 heavy (non-hydrogen) atoms. The van der Waals surface area contributed by atoms with Gasteiger partial charge in [-0.2, -0.15) is 5.10 Å². The highest BCUT2D eigenvalue weighted by Crippen LogP contribution is 2.33. The summed E-state index contributed by atoms with van der Waals surface area (Å²) < 4.78 is 31.9. The Kier molecular flexibility index (Phi) is 6.12. The average molecular weight is 385 g/mol. The Hall–Kier alpha value is -2.29. The number of nitrogens with zero attached hydrogens (tertiary/aromatic N) is 2. The Balaban J connectivity index is 2.27. The highest BCUT2D eigenvalue weighted by molar-refractivity contribution is 7.16. The van der Waals surface area contributed by atoms with E-state index in [0.717, 1.165) is 10.4 Å². The van der Waals surface area contributed by atoms with Crippen molar-refractivity contribution in [1.29, 1.82) is 0 Å². The van der Waals surface area contributed by atoms with Gasteiger partial charge in [-0.1, -0.05) is 0 Å². The summed E-state index contributed by atoms with van der Waals surface area (Å²) in [7, 11) is 0. The number of carbonyl (C=O) groups excluding carboxylic acids is 2. The fraction of sp³-hybridized carbons (Fsp3) is 0.471. The third-order valence-corrected chi connectivity index (χ3v) is 5.14. The maximum Gasteiger partial charge on any atom is 0.341 e. The number of thiophene rings is 1. The van der Waals surface area contributed by atoms with E-state index in [9.17, 15) is 18.4 Å². The van der Waals surface area contributed by atoms with Crippen molar-refractivity contribution in [3.8, 4) is 0 Å². The molecule has 2 heterocycles. The van der Waals surface area contributed by atoms with Gasteiger partial charge in [-0.3, -0.25) is 9.48 Å². The summed E-state index contributed by atoms with van der Waals surface area (Å²) in [5, 5.41) is 6.89. The van der Waals surface area contributed by atoms with Crippen LogP contribution in [0.1, 0.15) is 58.5 Å². The summed E-state index contributed by atoms with van der Waals surface area (Å²) in [6, 6.07) is 0.429. The molecule has 2 aromatic rings. The molecule has 1 amide bonds. The quantitative estimate of drug-likeness (QED) is 0.757. The summed E-state index contributed by atoms with van der Waals surface area (Å²) in [4.78, 5) is 25.7. The molecular formula is C17H21F2N3O3S. The molecular weight excluding hydrogens is 364 g/mol. The Bertz CT molecular complexity index is 830. The number of hydrogen-bond donors (Lipinski definition) is 1. The summed E-state index contributed by atoms with van der Waals surface area (Å²) in [5.74, 6) is -0.962. The first kappa shape index (κ1) is 20.0. The number of halogens is 2. The molecule has 0 aliphatic carbocycles. The Morgan fingerprint density at radius 1 is 1.35 bits per heavy atom. The summed E-state index contributed by atoms with van der Waals surface area (Å²) in [6.45, 7) is 8.71. The highest BCUT2D eigenvalue weighted by Gasteiger charge is 2.26. The second-order valence-corrected chi connectivity index (χ2v) is 7.05. The van der Waals surface area contributed by atoms with Crippen molar-refractivity contribution in [3.05, 3.63) is 33.5 Å². The number of carbonyl (C=O) groups is 2. The molecule has 6 nitrogen and oxygen atoms in total. The van der Waals surface area contributed by atoms with E-state index < -0.39 is 24.3 Å². The van der Waals surface area contributed by atoms with E-state index in [1.807, 2.05) is 6.92 Å². The van der Waals surface area contributed by atoms with Crippen molar-refractivity contribution in [3.63, 3.8) is 0 Å². The number of amides is 1. The number of esters is 1. The van der Waals surface area contributed by atoms with Crippen LogP contribution in [0, 0.1) is 20.8 Å². The Morgan fingerprint density at radius 2 is 2.00 bits per heavy atom. The largest absolute Gasteiger partial charge is 0.462 e. The van der Waals surface area contributed by atoms with Crippen molar-refractivity contribution in [2.45, 2.75) is 47.1 Å². The van der Waals surface area contributed by atoms with Crippen LogP contribution >= 0.6 is 11.3 Å². The number of aryl methyl sites for hydroxylation is 2. The van der Waals surface area contributed by atoms with Crippen molar-refractivity contribution in [1.82, 2.24) is 9.78 Å². The van der Waals surface area contributed by atoms with Gasteiger partial charge in [0.2, 0.25) is 5.91 Å². The van der Waals surface area contributed by atoms with Gasteiger partial charge in [-0.25, -0.2) is 13.6 Å². The van der Waals surface area contributed by atoms with Crippen LogP contribution in [-0.2, 0) is 9.53 Å². The predicted octanol–water partition coefficient (Wildman–Crippen LogP) is 4.18. The molecule has 1 N–H and O–H groups in total. The van der Waals surface area contributed by atoms with Crippen molar-refractivity contribution >= 4 is 28.2 Å². The first-order valence-electron chi connectivity index (χ1n) is 8.09. The molecule has 0 aromatic carbocycles. The lowest BCUT2D eigenvalue weighted by molar-refractivity contribution is -0.119. The molecule has 2 rings (SSSR count). The second-order valence-electron chi connectivity index (χ2n) is 5.83. The molecule has 9 heteroatoms. The van der Waals surface area contributed by atoms with Crippen molar-refractivity contribution in [2.24, 2.45) is 0 Å². The fourth-order valence-corrected chi connectivity index (χ4v) is 3.55. The highest BCUT2D eigenvalue weighted by atomic mass is 32.1. The second kappa shape index (κ2) is 7.94. The Morgan fingerprint density at radius 3 is 2.54 bits per heavy atom. The topological polar surface area (TPSA) is 73.2 Å².